The Kier molecular flexibility index (Phi) is 5.98. The molecule has 1 aliphatic carbocycles. The van der Waals surface area contributed by atoms with E-state index in [4.69, 9.17) is 5.10 Å². The van der Waals surface area contributed by atoms with E-state index < -0.39 is 17.8 Å². The third-order valence-corrected chi connectivity index (χ3v) is 5.74. The Hall–Kier alpha value is -2.90. The number of alkyl halides is 3. The van der Waals surface area contributed by atoms with Gasteiger partial charge in [-0.15, -0.1) is 0 Å². The smallest absolute Gasteiger partial charge is 0.320 e. The highest BCUT2D eigenvalue weighted by molar-refractivity contribution is 6.04. The van der Waals surface area contributed by atoms with Crippen molar-refractivity contribution in [2.75, 3.05) is 5.32 Å². The zero-order chi connectivity index (χ0) is 22.0. The number of nitrogens with one attached hydrogen (secondary N) is 1. The van der Waals surface area contributed by atoms with Gasteiger partial charge in [-0.05, 0) is 49.1 Å². The van der Waals surface area contributed by atoms with Crippen LogP contribution in [0.4, 0.5) is 18.9 Å². The summed E-state index contributed by atoms with van der Waals surface area (Å²) in [5, 5.41) is 8.43. The number of halogens is 3. The van der Waals surface area contributed by atoms with E-state index in [0.717, 1.165) is 48.2 Å². The van der Waals surface area contributed by atoms with Gasteiger partial charge in [-0.3, -0.25) is 9.48 Å². The van der Waals surface area contributed by atoms with Gasteiger partial charge in [0.15, 0.2) is 0 Å². The molecule has 0 radical (unpaired) electrons. The molecule has 0 spiro atoms. The van der Waals surface area contributed by atoms with Crippen molar-refractivity contribution in [2.24, 2.45) is 0 Å². The highest BCUT2D eigenvalue weighted by Gasteiger charge is 2.33. The van der Waals surface area contributed by atoms with Crippen LogP contribution >= 0.6 is 0 Å². The van der Waals surface area contributed by atoms with Crippen LogP contribution in [0.1, 0.15) is 73.2 Å². The lowest BCUT2D eigenvalue weighted by Crippen LogP contribution is -2.17. The lowest BCUT2D eigenvalue weighted by atomic mass is 9.96. The minimum Gasteiger partial charge on any atom is -0.320 e. The summed E-state index contributed by atoms with van der Waals surface area (Å²) in [4.78, 5) is 16.2. The van der Waals surface area contributed by atoms with Gasteiger partial charge in [0.2, 0.25) is 0 Å². The van der Waals surface area contributed by atoms with Crippen LogP contribution < -0.4 is 5.32 Å². The number of carbonyl (C=O) groups is 1. The topological polar surface area (TPSA) is 59.8 Å². The second-order valence-electron chi connectivity index (χ2n) is 8.08. The quantitative estimate of drug-likeness (QED) is 0.527. The number of amides is 1. The number of aromatic nitrogens is 3. The number of aryl methyl sites for hydroxylation is 1. The van der Waals surface area contributed by atoms with Crippen molar-refractivity contribution in [3.8, 4) is 0 Å². The van der Waals surface area contributed by atoms with Gasteiger partial charge in [-0.25, -0.2) is 4.98 Å². The van der Waals surface area contributed by atoms with Gasteiger partial charge in [0, 0.05) is 17.3 Å². The first-order valence-electron chi connectivity index (χ1n) is 10.7. The van der Waals surface area contributed by atoms with E-state index >= 15 is 0 Å². The van der Waals surface area contributed by atoms with Crippen molar-refractivity contribution in [1.29, 1.82) is 0 Å². The van der Waals surface area contributed by atoms with Crippen molar-refractivity contribution < 1.29 is 18.0 Å². The molecule has 1 amide bonds. The second kappa shape index (κ2) is 8.69. The fourth-order valence-electron chi connectivity index (χ4n) is 4.16. The monoisotopic (exact) mass is 430 g/mol. The van der Waals surface area contributed by atoms with Crippen LogP contribution in [0.2, 0.25) is 0 Å². The Morgan fingerprint density at radius 1 is 1.19 bits per heavy atom. The molecule has 2 aromatic heterocycles. The summed E-state index contributed by atoms with van der Waals surface area (Å²) < 4.78 is 40.9. The molecule has 1 aromatic carbocycles. The molecule has 8 heteroatoms. The molecule has 1 N–H and O–H groups in total. The molecular weight excluding hydrogens is 405 g/mol. The molecule has 5 nitrogen and oxygen atoms in total. The first-order valence-corrected chi connectivity index (χ1v) is 10.7. The Bertz CT molecular complexity index is 1080. The molecule has 0 saturated heterocycles. The highest BCUT2D eigenvalue weighted by Crippen LogP contribution is 2.31. The number of fused-ring (bicyclic) bond motifs is 1. The predicted molar refractivity (Wildman–Crippen MR) is 113 cm³/mol. The first-order chi connectivity index (χ1) is 14.8. The van der Waals surface area contributed by atoms with Crippen LogP contribution in [0, 0.1) is 0 Å². The normalized spacial score (nSPS) is 15.4. The van der Waals surface area contributed by atoms with E-state index in [9.17, 15) is 18.0 Å². The van der Waals surface area contributed by atoms with Gasteiger partial charge in [0.1, 0.15) is 11.4 Å². The maximum Gasteiger partial charge on any atom is 0.433 e. The van der Waals surface area contributed by atoms with Crippen molar-refractivity contribution in [3.05, 3.63) is 53.5 Å². The standard InChI is InChI=1S/C23H25F3N4O/c1-2-7-15-12-20-16(14-30(29-20)17-8-4-3-5-9-17)13-19(15)28-22(31)18-10-6-11-21(27-18)23(24,25)26/h6,10-14,17H,2-5,7-9H2,1H3,(H,28,31). The lowest BCUT2D eigenvalue weighted by Gasteiger charge is -2.21. The maximum atomic E-state index is 12.9. The van der Waals surface area contributed by atoms with Gasteiger partial charge in [-0.1, -0.05) is 38.7 Å². The summed E-state index contributed by atoms with van der Waals surface area (Å²) in [6.45, 7) is 2.03. The van der Waals surface area contributed by atoms with E-state index in [-0.39, 0.29) is 5.69 Å². The molecule has 164 valence electrons. The SMILES string of the molecule is CCCc1cc2nn(C3CCCCC3)cc2cc1NC(=O)c1cccc(C(F)(F)F)n1. The van der Waals surface area contributed by atoms with E-state index in [1.807, 2.05) is 29.9 Å². The zero-order valence-electron chi connectivity index (χ0n) is 17.4. The van der Waals surface area contributed by atoms with Gasteiger partial charge in [-0.2, -0.15) is 18.3 Å². The van der Waals surface area contributed by atoms with Crippen molar-refractivity contribution in [1.82, 2.24) is 14.8 Å². The summed E-state index contributed by atoms with van der Waals surface area (Å²) in [7, 11) is 0. The average Bonchev–Trinajstić information content (AvgIpc) is 3.17. The van der Waals surface area contributed by atoms with Crippen LogP contribution in [0.15, 0.2) is 36.5 Å². The fourth-order valence-corrected chi connectivity index (χ4v) is 4.16. The Balaban J connectivity index is 1.64. The van der Waals surface area contributed by atoms with Crippen molar-refractivity contribution >= 4 is 22.5 Å². The van der Waals surface area contributed by atoms with E-state index in [2.05, 4.69) is 10.3 Å². The van der Waals surface area contributed by atoms with E-state index in [1.54, 1.807) is 0 Å². The van der Waals surface area contributed by atoms with Gasteiger partial charge in [0.05, 0.1) is 11.6 Å². The Labute approximate surface area is 178 Å². The number of benzene rings is 1. The molecule has 4 rings (SSSR count). The van der Waals surface area contributed by atoms with Crippen molar-refractivity contribution in [3.63, 3.8) is 0 Å². The maximum absolute atomic E-state index is 12.9. The third-order valence-electron chi connectivity index (χ3n) is 5.74. The molecule has 3 aromatic rings. The van der Waals surface area contributed by atoms with E-state index in [0.29, 0.717) is 11.7 Å². The molecule has 1 aliphatic rings. The molecule has 0 atom stereocenters. The van der Waals surface area contributed by atoms with Gasteiger partial charge < -0.3 is 5.32 Å². The number of anilines is 1. The van der Waals surface area contributed by atoms with Crippen LogP contribution in [0.3, 0.4) is 0 Å². The molecule has 1 fully saturated rings. The number of rotatable bonds is 5. The highest BCUT2D eigenvalue weighted by atomic mass is 19.4. The molecule has 0 bridgehead atoms. The Morgan fingerprint density at radius 2 is 1.97 bits per heavy atom. The summed E-state index contributed by atoms with van der Waals surface area (Å²) in [6.07, 6.45) is 4.87. The number of hydrogen-bond acceptors (Lipinski definition) is 3. The number of carbonyl (C=O) groups excluding carboxylic acids is 1. The zero-order valence-corrected chi connectivity index (χ0v) is 17.4. The van der Waals surface area contributed by atoms with Gasteiger partial charge >= 0.3 is 6.18 Å². The Morgan fingerprint density at radius 3 is 2.68 bits per heavy atom. The number of nitrogens with zero attached hydrogens (tertiary/aromatic N) is 3. The fraction of sp³-hybridized carbons (Fsp3) is 0.435. The molecule has 31 heavy (non-hydrogen) atoms. The first kappa shape index (κ1) is 21.3. The summed E-state index contributed by atoms with van der Waals surface area (Å²) in [6, 6.07) is 7.54. The minimum absolute atomic E-state index is 0.268. The minimum atomic E-state index is -4.60. The number of pyridine rings is 1. The van der Waals surface area contributed by atoms with Crippen LogP contribution in [0.25, 0.3) is 10.9 Å². The molecule has 2 heterocycles. The van der Waals surface area contributed by atoms with Crippen LogP contribution in [-0.4, -0.2) is 20.7 Å². The van der Waals surface area contributed by atoms with Crippen LogP contribution in [0.5, 0.6) is 0 Å². The number of hydrogen-bond donors (Lipinski definition) is 1. The molecule has 1 saturated carbocycles. The summed E-state index contributed by atoms with van der Waals surface area (Å²) >= 11 is 0. The largest absolute Gasteiger partial charge is 0.433 e. The van der Waals surface area contributed by atoms with Crippen molar-refractivity contribution in [2.45, 2.75) is 64.1 Å². The average molecular weight is 430 g/mol. The van der Waals surface area contributed by atoms with Gasteiger partial charge in [0.25, 0.3) is 5.91 Å². The van der Waals surface area contributed by atoms with Crippen LogP contribution in [-0.2, 0) is 12.6 Å². The molecular formula is C23H25F3N4O. The molecule has 0 aliphatic heterocycles. The second-order valence-corrected chi connectivity index (χ2v) is 8.08. The summed E-state index contributed by atoms with van der Waals surface area (Å²) in [5.41, 5.74) is 1.00. The predicted octanol–water partition coefficient (Wildman–Crippen LogP) is 6.16. The molecule has 0 unspecified atom stereocenters. The lowest BCUT2D eigenvalue weighted by molar-refractivity contribution is -0.141. The summed E-state index contributed by atoms with van der Waals surface area (Å²) in [5.74, 6) is -0.664. The third kappa shape index (κ3) is 4.73. The van der Waals surface area contributed by atoms with E-state index in [1.165, 1.54) is 31.4 Å².